The van der Waals surface area contributed by atoms with E-state index in [-0.39, 0.29) is 11.9 Å². The van der Waals surface area contributed by atoms with Gasteiger partial charge in [-0.25, -0.2) is 9.78 Å². The van der Waals surface area contributed by atoms with Crippen molar-refractivity contribution in [3.63, 3.8) is 0 Å². The van der Waals surface area contributed by atoms with Crippen molar-refractivity contribution in [3.8, 4) is 0 Å². The zero-order chi connectivity index (χ0) is 26.7. The fourth-order valence-electron chi connectivity index (χ4n) is 4.85. The number of rotatable bonds is 4. The summed E-state index contributed by atoms with van der Waals surface area (Å²) in [7, 11) is 0. The molecule has 0 atom stereocenters. The van der Waals surface area contributed by atoms with Gasteiger partial charge in [-0.15, -0.1) is 0 Å². The van der Waals surface area contributed by atoms with Crippen LogP contribution < -0.4 is 19.6 Å². The average molecular weight is 529 g/mol. The molecule has 2 aromatic rings. The number of halogens is 1. The number of pyridine rings is 1. The normalized spacial score (nSPS) is 19.1. The Morgan fingerprint density at radius 2 is 1.42 bits per heavy atom. The second-order valence-corrected chi connectivity index (χ2v) is 10.7. The highest BCUT2D eigenvalue weighted by Crippen LogP contribution is 2.30. The van der Waals surface area contributed by atoms with Crippen molar-refractivity contribution in [2.45, 2.75) is 26.4 Å². The van der Waals surface area contributed by atoms with Crippen LogP contribution in [0.4, 0.5) is 32.6 Å². The Hall–Kier alpha value is -3.41. The number of hydrogen-bond donors (Lipinski definition) is 0. The molecule has 5 heterocycles. The Balaban J connectivity index is 1.34. The molecule has 3 saturated heterocycles. The highest BCUT2D eigenvalue weighted by atomic mass is 19.1. The van der Waals surface area contributed by atoms with E-state index in [4.69, 9.17) is 19.4 Å². The van der Waals surface area contributed by atoms with E-state index >= 15 is 4.39 Å². The first kappa shape index (κ1) is 26.2. The van der Waals surface area contributed by atoms with Crippen LogP contribution in [-0.2, 0) is 9.47 Å². The molecule has 2 aromatic heterocycles. The van der Waals surface area contributed by atoms with Gasteiger partial charge in [-0.3, -0.25) is 0 Å². The summed E-state index contributed by atoms with van der Waals surface area (Å²) in [5.74, 6) is 1.65. The first-order chi connectivity index (χ1) is 18.3. The molecule has 38 heavy (non-hydrogen) atoms. The summed E-state index contributed by atoms with van der Waals surface area (Å²) < 4.78 is 27.0. The molecule has 11 nitrogen and oxygen atoms in total. The number of amides is 1. The standard InChI is InChI=1S/C26H37FN8O3/c1-26(2,3)38-25(36)35-14-10-32(11-15-35)22-21(27)23(33-16-18-37-19-17-33)30-24(29-22)34-12-8-31(9-13-34)20-6-4-5-7-28-20/h4-7H,8-19H2,1-3H3. The summed E-state index contributed by atoms with van der Waals surface area (Å²) in [6.07, 6.45) is 1.45. The van der Waals surface area contributed by atoms with Crippen LogP contribution >= 0.6 is 0 Å². The molecule has 0 aliphatic carbocycles. The molecule has 206 valence electrons. The highest BCUT2D eigenvalue weighted by Gasteiger charge is 2.31. The molecule has 1 amide bonds. The van der Waals surface area contributed by atoms with E-state index in [1.54, 1.807) is 11.1 Å². The van der Waals surface area contributed by atoms with Crippen molar-refractivity contribution in [3.05, 3.63) is 30.2 Å². The second kappa shape index (κ2) is 11.1. The van der Waals surface area contributed by atoms with Crippen LogP contribution in [0, 0.1) is 5.82 Å². The lowest BCUT2D eigenvalue weighted by atomic mass is 10.2. The van der Waals surface area contributed by atoms with Crippen molar-refractivity contribution in [2.24, 2.45) is 0 Å². The minimum atomic E-state index is -0.560. The van der Waals surface area contributed by atoms with Crippen molar-refractivity contribution in [2.75, 3.05) is 98.3 Å². The first-order valence-electron chi connectivity index (χ1n) is 13.3. The van der Waals surface area contributed by atoms with Crippen LogP contribution in [0.25, 0.3) is 0 Å². The van der Waals surface area contributed by atoms with E-state index in [0.29, 0.717) is 77.3 Å². The third-order valence-corrected chi connectivity index (χ3v) is 6.88. The summed E-state index contributed by atoms with van der Waals surface area (Å²) in [6, 6.07) is 5.91. The summed E-state index contributed by atoms with van der Waals surface area (Å²) >= 11 is 0. The van der Waals surface area contributed by atoms with Crippen LogP contribution in [0.2, 0.25) is 0 Å². The average Bonchev–Trinajstić information content (AvgIpc) is 2.93. The van der Waals surface area contributed by atoms with Gasteiger partial charge in [0.15, 0.2) is 11.6 Å². The molecule has 5 rings (SSSR count). The fourth-order valence-corrected chi connectivity index (χ4v) is 4.85. The number of carbonyl (C=O) groups excluding carboxylic acids is 1. The van der Waals surface area contributed by atoms with E-state index in [1.165, 1.54) is 0 Å². The van der Waals surface area contributed by atoms with Gasteiger partial charge in [-0.2, -0.15) is 14.4 Å². The van der Waals surface area contributed by atoms with E-state index in [2.05, 4.69) is 14.8 Å². The molecule has 0 N–H and O–H groups in total. The minimum Gasteiger partial charge on any atom is -0.444 e. The van der Waals surface area contributed by atoms with E-state index in [1.807, 2.05) is 48.8 Å². The van der Waals surface area contributed by atoms with Gasteiger partial charge in [-0.05, 0) is 32.9 Å². The predicted octanol–water partition coefficient (Wildman–Crippen LogP) is 2.23. The monoisotopic (exact) mass is 528 g/mol. The predicted molar refractivity (Wildman–Crippen MR) is 144 cm³/mol. The topological polar surface area (TPSA) is 90.4 Å². The lowest BCUT2D eigenvalue weighted by molar-refractivity contribution is 0.0240. The number of hydrogen-bond acceptors (Lipinski definition) is 10. The Morgan fingerprint density at radius 1 is 0.842 bits per heavy atom. The lowest BCUT2D eigenvalue weighted by Crippen LogP contribution is -2.51. The van der Waals surface area contributed by atoms with Crippen LogP contribution in [0.1, 0.15) is 20.8 Å². The number of aromatic nitrogens is 3. The number of piperazine rings is 2. The van der Waals surface area contributed by atoms with Gasteiger partial charge < -0.3 is 34.0 Å². The zero-order valence-electron chi connectivity index (χ0n) is 22.5. The Labute approximate surface area is 223 Å². The zero-order valence-corrected chi connectivity index (χ0v) is 22.5. The lowest BCUT2D eigenvalue weighted by Gasteiger charge is -2.38. The maximum atomic E-state index is 16.0. The largest absolute Gasteiger partial charge is 0.444 e. The molecular weight excluding hydrogens is 491 g/mol. The van der Waals surface area contributed by atoms with Crippen molar-refractivity contribution in [1.29, 1.82) is 0 Å². The van der Waals surface area contributed by atoms with E-state index < -0.39 is 11.4 Å². The molecule has 12 heteroatoms. The van der Waals surface area contributed by atoms with Gasteiger partial charge in [0, 0.05) is 71.6 Å². The third kappa shape index (κ3) is 6.01. The minimum absolute atomic E-state index is 0.285. The van der Waals surface area contributed by atoms with Crippen molar-refractivity contribution < 1.29 is 18.7 Å². The third-order valence-electron chi connectivity index (χ3n) is 6.88. The van der Waals surface area contributed by atoms with Crippen molar-refractivity contribution in [1.82, 2.24) is 19.9 Å². The Kier molecular flexibility index (Phi) is 7.68. The van der Waals surface area contributed by atoms with Gasteiger partial charge in [-0.1, -0.05) is 6.07 Å². The van der Waals surface area contributed by atoms with Gasteiger partial charge in [0.2, 0.25) is 11.8 Å². The summed E-state index contributed by atoms with van der Waals surface area (Å²) in [5, 5.41) is 0. The van der Waals surface area contributed by atoms with Gasteiger partial charge in [0.1, 0.15) is 11.4 Å². The van der Waals surface area contributed by atoms with Crippen LogP contribution in [0.15, 0.2) is 24.4 Å². The SMILES string of the molecule is CC(C)(C)OC(=O)N1CCN(c2nc(N3CCN(c4ccccn4)CC3)nc(N3CCOCC3)c2F)CC1. The highest BCUT2D eigenvalue weighted by molar-refractivity contribution is 5.69. The van der Waals surface area contributed by atoms with Gasteiger partial charge >= 0.3 is 6.09 Å². The van der Waals surface area contributed by atoms with Crippen LogP contribution in [0.5, 0.6) is 0 Å². The van der Waals surface area contributed by atoms with Crippen molar-refractivity contribution >= 4 is 29.5 Å². The molecule has 0 spiro atoms. The maximum absolute atomic E-state index is 16.0. The Bertz CT molecular complexity index is 1090. The molecule has 3 aliphatic heterocycles. The molecule has 0 unspecified atom stereocenters. The number of nitrogens with zero attached hydrogens (tertiary/aromatic N) is 8. The van der Waals surface area contributed by atoms with Crippen LogP contribution in [0.3, 0.4) is 0 Å². The maximum Gasteiger partial charge on any atom is 0.410 e. The molecule has 0 bridgehead atoms. The number of carbonyl (C=O) groups is 1. The van der Waals surface area contributed by atoms with Crippen LogP contribution in [-0.4, -0.2) is 110 Å². The van der Waals surface area contributed by atoms with E-state index in [9.17, 15) is 4.79 Å². The van der Waals surface area contributed by atoms with Gasteiger partial charge in [0.25, 0.3) is 0 Å². The molecular formula is C26H37FN8O3. The quantitative estimate of drug-likeness (QED) is 0.589. The molecule has 0 saturated carbocycles. The number of anilines is 4. The second-order valence-electron chi connectivity index (χ2n) is 10.7. The fraction of sp³-hybridized carbons (Fsp3) is 0.615. The molecule has 3 fully saturated rings. The number of morpholine rings is 1. The molecule has 3 aliphatic rings. The Morgan fingerprint density at radius 3 is 2.00 bits per heavy atom. The summed E-state index contributed by atoms with van der Waals surface area (Å²) in [6.45, 7) is 12.5. The smallest absolute Gasteiger partial charge is 0.410 e. The first-order valence-corrected chi connectivity index (χ1v) is 13.3. The molecule has 0 aromatic carbocycles. The van der Waals surface area contributed by atoms with E-state index in [0.717, 1.165) is 18.9 Å². The summed E-state index contributed by atoms with van der Waals surface area (Å²) in [5.41, 5.74) is -0.560. The summed E-state index contributed by atoms with van der Waals surface area (Å²) in [4.78, 5) is 36.3. The number of ether oxygens (including phenoxy) is 2. The molecule has 0 radical (unpaired) electrons. The van der Waals surface area contributed by atoms with Gasteiger partial charge in [0.05, 0.1) is 13.2 Å².